The zero-order valence-corrected chi connectivity index (χ0v) is 27.3. The fourth-order valence-corrected chi connectivity index (χ4v) is 4.06. The Hall–Kier alpha value is -4.12. The first-order chi connectivity index (χ1) is 21.4. The summed E-state index contributed by atoms with van der Waals surface area (Å²) in [5.41, 5.74) is 1.77. The van der Waals surface area contributed by atoms with E-state index in [-0.39, 0.29) is 23.9 Å². The van der Waals surface area contributed by atoms with Crippen molar-refractivity contribution in [2.45, 2.75) is 46.1 Å². The monoisotopic (exact) mass is 666 g/mol. The van der Waals surface area contributed by atoms with Crippen LogP contribution in [0.4, 0.5) is 5.13 Å². The lowest BCUT2D eigenvalue weighted by molar-refractivity contribution is -0.155. The Morgan fingerprint density at radius 2 is 1.64 bits per heavy atom. The van der Waals surface area contributed by atoms with E-state index in [0.29, 0.717) is 32.8 Å². The predicted octanol–water partition coefficient (Wildman–Crippen LogP) is 4.66. The maximum Gasteiger partial charge on any atom is 0.306 e. The number of halogens is 1. The quantitative estimate of drug-likeness (QED) is 0.198. The van der Waals surface area contributed by atoms with Gasteiger partial charge in [0.25, 0.3) is 17.0 Å². The first-order valence-electron chi connectivity index (χ1n) is 13.5. The fraction of sp³-hybridized carbons (Fsp3) is 0.464. The van der Waals surface area contributed by atoms with Crippen molar-refractivity contribution in [2.24, 2.45) is 5.18 Å². The molecule has 1 saturated heterocycles. The lowest BCUT2D eigenvalue weighted by Crippen LogP contribution is -2.24. The highest BCUT2D eigenvalue weighted by Gasteiger charge is 2.20. The van der Waals surface area contributed by atoms with E-state index in [1.807, 2.05) is 6.92 Å². The summed E-state index contributed by atoms with van der Waals surface area (Å²) >= 11 is 7.15. The van der Waals surface area contributed by atoms with Gasteiger partial charge in [-0.2, -0.15) is 0 Å². The number of esters is 1. The highest BCUT2D eigenvalue weighted by atomic mass is 35.5. The van der Waals surface area contributed by atoms with Crippen LogP contribution in [-0.4, -0.2) is 84.2 Å². The molecular formula is C28H35ClN6O9S. The number of nitrogens with zero attached hydrogens (tertiary/aromatic N) is 5. The van der Waals surface area contributed by atoms with Crippen molar-refractivity contribution >= 4 is 45.9 Å². The number of nitrogens with one attached hydrogen (secondary N) is 1. The van der Waals surface area contributed by atoms with Gasteiger partial charge in [0.15, 0.2) is 0 Å². The molecule has 1 aliphatic heterocycles. The molecule has 1 aliphatic rings. The smallest absolute Gasteiger partial charge is 0.306 e. The Balaban J connectivity index is 0.000000307. The fourth-order valence-electron chi connectivity index (χ4n) is 3.35. The number of ether oxygens (including phenoxy) is 5. The molecule has 4 rings (SSSR count). The Bertz CT molecular complexity index is 1430. The number of methoxy groups -OCH3 is 2. The Kier molecular flexibility index (Phi) is 15.3. The second-order valence-corrected chi connectivity index (χ2v) is 11.2. The topological polar surface area (TPSA) is 190 Å². The second-order valence-electron chi connectivity index (χ2n) is 9.91. The maximum atomic E-state index is 12.8. The van der Waals surface area contributed by atoms with Crippen LogP contribution in [0.5, 0.6) is 10.9 Å². The number of carbonyl (C=O) groups excluding carboxylic acids is 3. The van der Waals surface area contributed by atoms with E-state index >= 15 is 0 Å². The first-order valence-corrected chi connectivity index (χ1v) is 14.6. The average molecular weight is 667 g/mol. The van der Waals surface area contributed by atoms with E-state index in [9.17, 15) is 19.3 Å². The van der Waals surface area contributed by atoms with Gasteiger partial charge in [-0.15, -0.1) is 10.0 Å². The molecule has 15 nitrogen and oxygen atoms in total. The Labute approximate surface area is 268 Å². The number of pyridine rings is 2. The molecule has 1 N–H and O–H groups in total. The molecule has 45 heavy (non-hydrogen) atoms. The van der Waals surface area contributed by atoms with Crippen LogP contribution in [-0.2, 0) is 23.8 Å². The average Bonchev–Trinajstić information content (AvgIpc) is 3.47. The number of aromatic nitrogens is 4. The van der Waals surface area contributed by atoms with Crippen molar-refractivity contribution < 1.29 is 38.1 Å². The third-order valence-corrected chi connectivity index (χ3v) is 6.25. The summed E-state index contributed by atoms with van der Waals surface area (Å²) in [5, 5.41) is 13.4. The SMILES string of the molecule is C1COCCO1.CC(C)(C)OC(=O)CCC(=O)N=O.COc1nnc(NC(=O)c2cnc(C)cc2-c2cc(Cl)ncc2OC)s1. The standard InChI is InChI=1S/C16H14ClN5O3S.C8H13NO4.C4H8O2/c1-8-4-9(10-5-13(17)19-7-12(10)24-2)11(6-18-8)14(23)20-15-21-22-16(25-3)26-15;1-8(2,3)13-7(11)5-4-6(10)9-12;1-2-6-4-3-5-1/h4-7H,1-3H3,(H,20,21,23);4-5H2,1-3H3;1-4H2. The summed E-state index contributed by atoms with van der Waals surface area (Å²) in [7, 11) is 3.00. The molecule has 4 heterocycles. The zero-order chi connectivity index (χ0) is 33.4. The van der Waals surface area contributed by atoms with Crippen LogP contribution in [0.1, 0.15) is 49.7 Å². The van der Waals surface area contributed by atoms with Crippen molar-refractivity contribution in [3.63, 3.8) is 0 Å². The van der Waals surface area contributed by atoms with Gasteiger partial charge in [0.2, 0.25) is 5.13 Å². The van der Waals surface area contributed by atoms with E-state index in [0.717, 1.165) is 43.5 Å². The predicted molar refractivity (Wildman–Crippen MR) is 166 cm³/mol. The van der Waals surface area contributed by atoms with Crippen LogP contribution in [0.25, 0.3) is 11.1 Å². The largest absolute Gasteiger partial charge is 0.494 e. The lowest BCUT2D eigenvalue weighted by atomic mass is 10.0. The molecule has 0 radical (unpaired) electrons. The number of hydrogen-bond donors (Lipinski definition) is 1. The Morgan fingerprint density at radius 1 is 0.978 bits per heavy atom. The highest BCUT2D eigenvalue weighted by Crippen LogP contribution is 2.34. The summed E-state index contributed by atoms with van der Waals surface area (Å²) < 4.78 is 25.1. The van der Waals surface area contributed by atoms with E-state index in [4.69, 9.17) is 35.3 Å². The van der Waals surface area contributed by atoms with Crippen LogP contribution < -0.4 is 14.8 Å². The summed E-state index contributed by atoms with van der Waals surface area (Å²) in [4.78, 5) is 52.0. The van der Waals surface area contributed by atoms with E-state index < -0.39 is 17.5 Å². The Morgan fingerprint density at radius 3 is 2.18 bits per heavy atom. The summed E-state index contributed by atoms with van der Waals surface area (Å²) in [6.45, 7) is 10.1. The van der Waals surface area contributed by atoms with Crippen molar-refractivity contribution in [3.05, 3.63) is 45.8 Å². The molecular weight excluding hydrogens is 632 g/mol. The van der Waals surface area contributed by atoms with Crippen LogP contribution in [0, 0.1) is 11.8 Å². The van der Waals surface area contributed by atoms with Crippen molar-refractivity contribution in [1.29, 1.82) is 0 Å². The summed E-state index contributed by atoms with van der Waals surface area (Å²) in [6, 6.07) is 3.42. The molecule has 0 aromatic carbocycles. The van der Waals surface area contributed by atoms with Gasteiger partial charge in [-0.25, -0.2) is 4.98 Å². The molecule has 2 amide bonds. The number of amides is 2. The molecule has 3 aromatic rings. The van der Waals surface area contributed by atoms with Gasteiger partial charge >= 0.3 is 5.97 Å². The van der Waals surface area contributed by atoms with Crippen LogP contribution >= 0.6 is 22.9 Å². The summed E-state index contributed by atoms with van der Waals surface area (Å²) in [5.74, 6) is -1.22. The molecule has 0 saturated carbocycles. The minimum atomic E-state index is -0.828. The third kappa shape index (κ3) is 13.6. The molecule has 3 aromatic heterocycles. The minimum absolute atomic E-state index is 0.0954. The van der Waals surface area contributed by atoms with Crippen LogP contribution in [0.3, 0.4) is 0 Å². The molecule has 0 aliphatic carbocycles. The maximum absolute atomic E-state index is 12.8. The zero-order valence-electron chi connectivity index (χ0n) is 25.7. The van der Waals surface area contributed by atoms with E-state index in [1.54, 1.807) is 32.9 Å². The lowest BCUT2D eigenvalue weighted by Gasteiger charge is -2.18. The van der Waals surface area contributed by atoms with E-state index in [1.165, 1.54) is 26.6 Å². The van der Waals surface area contributed by atoms with Gasteiger partial charge in [0, 0.05) is 34.6 Å². The number of anilines is 1. The molecule has 17 heteroatoms. The molecule has 1 fully saturated rings. The van der Waals surface area contributed by atoms with Gasteiger partial charge in [-0.3, -0.25) is 24.7 Å². The van der Waals surface area contributed by atoms with Crippen molar-refractivity contribution in [1.82, 2.24) is 20.2 Å². The highest BCUT2D eigenvalue weighted by molar-refractivity contribution is 7.17. The molecule has 0 unspecified atom stereocenters. The number of aryl methyl sites for hydroxylation is 1. The van der Waals surface area contributed by atoms with Crippen molar-refractivity contribution in [2.75, 3.05) is 46.0 Å². The molecule has 0 bridgehead atoms. The van der Waals surface area contributed by atoms with Crippen LogP contribution in [0.15, 0.2) is 29.7 Å². The second kappa shape index (κ2) is 18.6. The van der Waals surface area contributed by atoms with Gasteiger partial charge in [0.05, 0.1) is 58.8 Å². The molecule has 244 valence electrons. The number of carbonyl (C=O) groups is 3. The van der Waals surface area contributed by atoms with E-state index in [2.05, 4.69) is 30.7 Å². The normalized spacial score (nSPS) is 12.3. The number of hydrogen-bond acceptors (Lipinski definition) is 14. The van der Waals surface area contributed by atoms with Gasteiger partial charge in [0.1, 0.15) is 16.5 Å². The van der Waals surface area contributed by atoms with Crippen molar-refractivity contribution in [3.8, 4) is 22.1 Å². The third-order valence-electron chi connectivity index (χ3n) is 5.24. The van der Waals surface area contributed by atoms with Crippen LogP contribution in [0.2, 0.25) is 5.15 Å². The molecule has 0 atom stereocenters. The first kappa shape index (κ1) is 37.1. The van der Waals surface area contributed by atoms with Gasteiger partial charge < -0.3 is 23.7 Å². The number of nitroso groups, excluding NO2 is 1. The minimum Gasteiger partial charge on any atom is -0.494 e. The van der Waals surface area contributed by atoms with Gasteiger partial charge in [-0.05, 0) is 51.2 Å². The molecule has 0 spiro atoms. The summed E-state index contributed by atoms with van der Waals surface area (Å²) in [6.07, 6.45) is 2.72. The van der Waals surface area contributed by atoms with Gasteiger partial charge in [-0.1, -0.05) is 16.7 Å². The number of rotatable bonds is 8.